The summed E-state index contributed by atoms with van der Waals surface area (Å²) in [6.07, 6.45) is 0.736. The minimum atomic E-state index is 0.498. The molecular formula is C9H7Cl2N. The molecule has 0 spiro atoms. The maximum Gasteiger partial charge on any atom is 0.218 e. The first kappa shape index (κ1) is 9.38. The van der Waals surface area contributed by atoms with E-state index in [1.807, 2.05) is 6.07 Å². The number of rotatable bonds is 2. The molecule has 1 rings (SSSR count). The molecule has 1 aromatic rings. The molecule has 12 heavy (non-hydrogen) atoms. The summed E-state index contributed by atoms with van der Waals surface area (Å²) in [6.45, 7) is 7.11. The molecule has 0 aromatic heterocycles. The van der Waals surface area contributed by atoms with Crippen LogP contribution in [0.5, 0.6) is 0 Å². The van der Waals surface area contributed by atoms with Crippen molar-refractivity contribution in [1.29, 1.82) is 0 Å². The lowest BCUT2D eigenvalue weighted by atomic mass is 10.1. The molecule has 62 valence electrons. The Kier molecular flexibility index (Phi) is 3.40. The van der Waals surface area contributed by atoms with Crippen LogP contribution in [0.1, 0.15) is 5.56 Å². The van der Waals surface area contributed by atoms with E-state index in [1.165, 1.54) is 0 Å². The smallest absolute Gasteiger partial charge is 0.218 e. The monoisotopic (exact) mass is 199 g/mol. The van der Waals surface area contributed by atoms with Gasteiger partial charge in [0.1, 0.15) is 0 Å². The highest BCUT2D eigenvalue weighted by Gasteiger charge is 1.99. The quantitative estimate of drug-likeness (QED) is 0.644. The fraction of sp³-hybridized carbons (Fsp3) is 0.222. The van der Waals surface area contributed by atoms with Crippen LogP contribution in [0.25, 0.3) is 4.85 Å². The van der Waals surface area contributed by atoms with Gasteiger partial charge in [-0.1, -0.05) is 29.3 Å². The molecule has 0 aliphatic rings. The summed E-state index contributed by atoms with van der Waals surface area (Å²) in [7, 11) is 0. The van der Waals surface area contributed by atoms with Gasteiger partial charge in [-0.3, -0.25) is 0 Å². The van der Waals surface area contributed by atoms with Gasteiger partial charge in [0, 0.05) is 6.42 Å². The second-order valence-electron chi connectivity index (χ2n) is 2.38. The van der Waals surface area contributed by atoms with E-state index in [4.69, 9.17) is 29.8 Å². The van der Waals surface area contributed by atoms with Gasteiger partial charge in [0.2, 0.25) is 6.54 Å². The average molecular weight is 200 g/mol. The highest BCUT2D eigenvalue weighted by atomic mass is 35.5. The van der Waals surface area contributed by atoms with Crippen molar-refractivity contribution in [3.05, 3.63) is 45.2 Å². The average Bonchev–Trinajstić information content (AvgIpc) is 2.07. The van der Waals surface area contributed by atoms with Crippen LogP contribution < -0.4 is 0 Å². The molecular weight excluding hydrogens is 193 g/mol. The molecule has 0 amide bonds. The van der Waals surface area contributed by atoms with Gasteiger partial charge < -0.3 is 4.85 Å². The first-order valence-electron chi connectivity index (χ1n) is 3.51. The van der Waals surface area contributed by atoms with E-state index in [9.17, 15) is 0 Å². The molecule has 0 fully saturated rings. The molecule has 0 radical (unpaired) electrons. The molecule has 1 aromatic carbocycles. The third kappa shape index (κ3) is 2.41. The summed E-state index contributed by atoms with van der Waals surface area (Å²) < 4.78 is 0. The molecule has 3 heteroatoms. The Hall–Kier alpha value is -0.710. The number of hydrogen-bond acceptors (Lipinski definition) is 0. The molecule has 1 nitrogen and oxygen atoms in total. The van der Waals surface area contributed by atoms with Gasteiger partial charge in [-0.05, 0) is 17.7 Å². The normalized spacial score (nSPS) is 9.42. The zero-order valence-electron chi connectivity index (χ0n) is 6.35. The van der Waals surface area contributed by atoms with Gasteiger partial charge in [0.25, 0.3) is 0 Å². The van der Waals surface area contributed by atoms with E-state index in [0.717, 1.165) is 12.0 Å². The molecule has 0 saturated carbocycles. The van der Waals surface area contributed by atoms with E-state index >= 15 is 0 Å². The zero-order chi connectivity index (χ0) is 8.97. The highest BCUT2D eigenvalue weighted by molar-refractivity contribution is 6.42. The van der Waals surface area contributed by atoms with Crippen molar-refractivity contribution >= 4 is 23.2 Å². The fourth-order valence-electron chi connectivity index (χ4n) is 0.880. The van der Waals surface area contributed by atoms with Crippen molar-refractivity contribution in [1.82, 2.24) is 0 Å². The topological polar surface area (TPSA) is 4.36 Å². The summed E-state index contributed by atoms with van der Waals surface area (Å²) in [4.78, 5) is 3.26. The number of benzene rings is 1. The van der Waals surface area contributed by atoms with Crippen LogP contribution in [-0.4, -0.2) is 6.54 Å². The van der Waals surface area contributed by atoms with Gasteiger partial charge in [0.05, 0.1) is 10.0 Å². The Morgan fingerprint density at radius 3 is 2.58 bits per heavy atom. The van der Waals surface area contributed by atoms with Crippen LogP contribution in [0.3, 0.4) is 0 Å². The van der Waals surface area contributed by atoms with E-state index < -0.39 is 0 Å². The summed E-state index contributed by atoms with van der Waals surface area (Å²) in [5.41, 5.74) is 1.06. The van der Waals surface area contributed by atoms with E-state index in [1.54, 1.807) is 12.1 Å². The SMILES string of the molecule is [C-]#[N+]CCc1ccc(Cl)c(Cl)c1. The Bertz CT molecular complexity index is 315. The fourth-order valence-corrected chi connectivity index (χ4v) is 1.20. The van der Waals surface area contributed by atoms with Crippen molar-refractivity contribution < 1.29 is 0 Å². The van der Waals surface area contributed by atoms with Crippen LogP contribution >= 0.6 is 23.2 Å². The second-order valence-corrected chi connectivity index (χ2v) is 3.19. The van der Waals surface area contributed by atoms with Crippen molar-refractivity contribution in [2.75, 3.05) is 6.54 Å². The first-order chi connectivity index (χ1) is 5.74. The number of halogens is 2. The lowest BCUT2D eigenvalue weighted by Crippen LogP contribution is -1.86. The molecule has 0 N–H and O–H groups in total. The Balaban J connectivity index is 2.77. The molecule has 0 aliphatic carbocycles. The van der Waals surface area contributed by atoms with Crippen LogP contribution in [0.2, 0.25) is 10.0 Å². The minimum absolute atomic E-state index is 0.498. The maximum absolute atomic E-state index is 6.61. The number of hydrogen-bond donors (Lipinski definition) is 0. The molecule has 0 heterocycles. The van der Waals surface area contributed by atoms with Crippen molar-refractivity contribution in [3.8, 4) is 0 Å². The maximum atomic E-state index is 6.61. The summed E-state index contributed by atoms with van der Waals surface area (Å²) >= 11 is 11.5. The van der Waals surface area contributed by atoms with Crippen LogP contribution in [0, 0.1) is 6.57 Å². The lowest BCUT2D eigenvalue weighted by molar-refractivity contribution is 1.08. The van der Waals surface area contributed by atoms with Crippen LogP contribution in [0.4, 0.5) is 0 Å². The van der Waals surface area contributed by atoms with E-state index in [-0.39, 0.29) is 0 Å². The van der Waals surface area contributed by atoms with Crippen LogP contribution in [-0.2, 0) is 6.42 Å². The largest absolute Gasteiger partial charge is 0.317 e. The Morgan fingerprint density at radius 1 is 1.25 bits per heavy atom. The summed E-state index contributed by atoms with van der Waals surface area (Å²) in [5, 5.41) is 1.11. The van der Waals surface area contributed by atoms with Crippen molar-refractivity contribution in [2.24, 2.45) is 0 Å². The van der Waals surface area contributed by atoms with E-state index in [2.05, 4.69) is 4.85 Å². The standard InChI is InChI=1S/C9H7Cl2N/c1-12-5-4-7-2-3-8(10)9(11)6-7/h2-3,6H,4-5H2. The summed E-state index contributed by atoms with van der Waals surface area (Å²) in [6, 6.07) is 5.44. The Labute approximate surface area is 81.7 Å². The predicted octanol–water partition coefficient (Wildman–Crippen LogP) is 3.46. The third-order valence-electron chi connectivity index (χ3n) is 1.50. The zero-order valence-corrected chi connectivity index (χ0v) is 7.86. The lowest BCUT2D eigenvalue weighted by Gasteiger charge is -1.98. The minimum Gasteiger partial charge on any atom is -0.317 e. The highest BCUT2D eigenvalue weighted by Crippen LogP contribution is 2.22. The van der Waals surface area contributed by atoms with Gasteiger partial charge >= 0.3 is 0 Å². The molecule has 0 unspecified atom stereocenters. The van der Waals surface area contributed by atoms with Gasteiger partial charge in [0.15, 0.2) is 0 Å². The molecule has 0 atom stereocenters. The first-order valence-corrected chi connectivity index (χ1v) is 4.27. The van der Waals surface area contributed by atoms with E-state index in [0.29, 0.717) is 16.6 Å². The molecule has 0 aliphatic heterocycles. The number of nitrogens with zero attached hydrogens (tertiary/aromatic N) is 1. The van der Waals surface area contributed by atoms with Crippen LogP contribution in [0.15, 0.2) is 18.2 Å². The van der Waals surface area contributed by atoms with Gasteiger partial charge in [-0.15, -0.1) is 0 Å². The predicted molar refractivity (Wildman–Crippen MR) is 51.6 cm³/mol. The third-order valence-corrected chi connectivity index (χ3v) is 2.24. The van der Waals surface area contributed by atoms with Crippen molar-refractivity contribution in [3.63, 3.8) is 0 Å². The second kappa shape index (κ2) is 4.35. The molecule has 0 bridgehead atoms. The summed E-state index contributed by atoms with van der Waals surface area (Å²) in [5.74, 6) is 0. The van der Waals surface area contributed by atoms with Gasteiger partial charge in [-0.25, -0.2) is 6.57 Å². The van der Waals surface area contributed by atoms with Gasteiger partial charge in [-0.2, -0.15) is 0 Å². The van der Waals surface area contributed by atoms with Crippen molar-refractivity contribution in [2.45, 2.75) is 6.42 Å². The Morgan fingerprint density at radius 2 is 2.00 bits per heavy atom. The molecule has 0 saturated heterocycles.